The number of nitrogens with zero attached hydrogens (tertiary/aromatic N) is 2. The number of nitrogens with one attached hydrogen (secondary N) is 1. The molecule has 1 aromatic carbocycles. The van der Waals surface area contributed by atoms with E-state index in [1.54, 1.807) is 19.4 Å². The van der Waals surface area contributed by atoms with Gasteiger partial charge >= 0.3 is 0 Å². The average molecular weight is 506 g/mol. The Labute approximate surface area is 219 Å². The second-order valence-electron chi connectivity index (χ2n) is 11.0. The fourth-order valence-corrected chi connectivity index (χ4v) is 11.3. The van der Waals surface area contributed by atoms with Crippen molar-refractivity contribution in [2.75, 3.05) is 20.2 Å². The zero-order valence-corrected chi connectivity index (χ0v) is 24.0. The van der Waals surface area contributed by atoms with E-state index >= 15 is 0 Å². The van der Waals surface area contributed by atoms with Crippen molar-refractivity contribution in [1.29, 1.82) is 0 Å². The molecule has 0 bridgehead atoms. The first kappa shape index (κ1) is 28.0. The molecule has 2 atom stereocenters. The van der Waals surface area contributed by atoms with Crippen LogP contribution < -0.4 is 10.1 Å². The molecule has 36 heavy (non-hydrogen) atoms. The van der Waals surface area contributed by atoms with Crippen LogP contribution >= 0.6 is 0 Å². The number of hydrogen-bond acceptors (Lipinski definition) is 4. The van der Waals surface area contributed by atoms with Gasteiger partial charge in [-0.15, -0.1) is 11.5 Å². The van der Waals surface area contributed by atoms with E-state index in [9.17, 15) is 4.79 Å². The van der Waals surface area contributed by atoms with Gasteiger partial charge in [0.2, 0.25) is 0 Å². The molecular formula is C30H43N3O2Si. The van der Waals surface area contributed by atoms with Gasteiger partial charge in [0.25, 0.3) is 5.91 Å². The number of rotatable bonds is 8. The van der Waals surface area contributed by atoms with Crippen LogP contribution in [0.4, 0.5) is 0 Å². The summed E-state index contributed by atoms with van der Waals surface area (Å²) in [5.41, 5.74) is 7.42. The largest absolute Gasteiger partial charge is 0.497 e. The van der Waals surface area contributed by atoms with Gasteiger partial charge < -0.3 is 10.1 Å². The summed E-state index contributed by atoms with van der Waals surface area (Å²) in [5, 5.41) is 3.25. The number of benzene rings is 1. The van der Waals surface area contributed by atoms with Crippen LogP contribution in [-0.4, -0.2) is 50.1 Å². The Morgan fingerprint density at radius 2 is 1.72 bits per heavy atom. The quantitative estimate of drug-likeness (QED) is 0.357. The number of likely N-dealkylation sites (tertiary alicyclic amines) is 1. The van der Waals surface area contributed by atoms with Gasteiger partial charge in [-0.1, -0.05) is 59.7 Å². The molecule has 5 nitrogen and oxygen atoms in total. The van der Waals surface area contributed by atoms with Crippen molar-refractivity contribution in [2.45, 2.75) is 77.2 Å². The summed E-state index contributed by atoms with van der Waals surface area (Å²) in [6, 6.07) is 13.7. The Hall–Kier alpha value is -2.62. The summed E-state index contributed by atoms with van der Waals surface area (Å²) in [6.45, 7) is 16.7. The standard InChI is InChI=1S/C30H43N3O2Si/c1-22(2)36(23(3)4,24(5)6)17-15-26-18-27(32-30(34)29-10-8-9-16-31-29)21-33(20-26)19-25-11-13-28(35-7)14-12-25/h8-14,16,22-24,26-27H,18-21H2,1-7H3,(H,32,34)/t26?,27-/m0/s1. The average Bonchev–Trinajstić information content (AvgIpc) is 2.84. The summed E-state index contributed by atoms with van der Waals surface area (Å²) in [7, 11) is -0.129. The van der Waals surface area contributed by atoms with Crippen LogP contribution in [0.15, 0.2) is 48.7 Å². The van der Waals surface area contributed by atoms with Crippen LogP contribution in [0.3, 0.4) is 0 Å². The minimum absolute atomic E-state index is 0.0269. The van der Waals surface area contributed by atoms with E-state index in [2.05, 4.69) is 80.3 Å². The number of hydrogen-bond donors (Lipinski definition) is 1. The van der Waals surface area contributed by atoms with Gasteiger partial charge in [0, 0.05) is 37.8 Å². The molecule has 1 aliphatic heterocycles. The van der Waals surface area contributed by atoms with E-state index in [1.165, 1.54) is 5.56 Å². The van der Waals surface area contributed by atoms with Gasteiger partial charge in [-0.2, -0.15) is 0 Å². The van der Waals surface area contributed by atoms with Gasteiger partial charge in [0.1, 0.15) is 19.5 Å². The molecule has 3 rings (SSSR count). The van der Waals surface area contributed by atoms with E-state index in [0.29, 0.717) is 22.3 Å². The molecular weight excluding hydrogens is 462 g/mol. The number of aromatic nitrogens is 1. The second kappa shape index (κ2) is 12.6. The predicted molar refractivity (Wildman–Crippen MR) is 151 cm³/mol. The topological polar surface area (TPSA) is 54.5 Å². The number of amides is 1. The fourth-order valence-electron chi connectivity index (χ4n) is 5.93. The minimum Gasteiger partial charge on any atom is -0.497 e. The summed E-state index contributed by atoms with van der Waals surface area (Å²) < 4.78 is 5.32. The summed E-state index contributed by atoms with van der Waals surface area (Å²) >= 11 is 0. The van der Waals surface area contributed by atoms with Gasteiger partial charge in [0.15, 0.2) is 0 Å². The molecule has 2 aromatic rings. The molecule has 1 N–H and O–H groups in total. The Bertz CT molecular complexity index is 1020. The monoisotopic (exact) mass is 505 g/mol. The first-order valence-electron chi connectivity index (χ1n) is 13.3. The van der Waals surface area contributed by atoms with E-state index in [0.717, 1.165) is 31.8 Å². The molecule has 1 aliphatic rings. The lowest BCUT2D eigenvalue weighted by Gasteiger charge is -2.39. The number of methoxy groups -OCH3 is 1. The molecule has 194 valence electrons. The van der Waals surface area contributed by atoms with Gasteiger partial charge in [-0.3, -0.25) is 14.7 Å². The Kier molecular flexibility index (Phi) is 9.75. The Morgan fingerprint density at radius 1 is 1.06 bits per heavy atom. The van der Waals surface area contributed by atoms with E-state index in [4.69, 9.17) is 4.74 Å². The molecule has 1 unspecified atom stereocenters. The van der Waals surface area contributed by atoms with Gasteiger partial charge in [-0.05, 0) is 52.9 Å². The first-order valence-corrected chi connectivity index (χ1v) is 15.5. The van der Waals surface area contributed by atoms with Crippen molar-refractivity contribution in [3.05, 3.63) is 59.9 Å². The van der Waals surface area contributed by atoms with E-state index in [1.807, 2.05) is 24.3 Å². The van der Waals surface area contributed by atoms with Gasteiger partial charge in [0.05, 0.1) is 7.11 Å². The maximum atomic E-state index is 12.9. The van der Waals surface area contributed by atoms with Crippen LogP contribution in [0, 0.1) is 17.4 Å². The van der Waals surface area contributed by atoms with Crippen molar-refractivity contribution in [3.63, 3.8) is 0 Å². The third-order valence-corrected chi connectivity index (χ3v) is 14.0. The third kappa shape index (κ3) is 6.77. The third-order valence-electron chi connectivity index (χ3n) is 7.68. The smallest absolute Gasteiger partial charge is 0.270 e. The SMILES string of the molecule is COc1ccc(CN2CC(C#C[Si](C(C)C)(C(C)C)C(C)C)C[C@H](NC(=O)c3ccccn3)C2)cc1. The molecule has 0 saturated carbocycles. The highest BCUT2D eigenvalue weighted by Crippen LogP contribution is 2.41. The zero-order valence-electron chi connectivity index (χ0n) is 23.0. The molecule has 1 aromatic heterocycles. The molecule has 1 amide bonds. The lowest BCUT2D eigenvalue weighted by molar-refractivity contribution is 0.0879. The lowest BCUT2D eigenvalue weighted by atomic mass is 9.94. The van der Waals surface area contributed by atoms with Gasteiger partial charge in [-0.25, -0.2) is 0 Å². The minimum atomic E-state index is -1.82. The normalized spacial score (nSPS) is 18.7. The summed E-state index contributed by atoms with van der Waals surface area (Å²) in [4.78, 5) is 19.6. The molecule has 2 heterocycles. The summed E-state index contributed by atoms with van der Waals surface area (Å²) in [5.74, 6) is 4.73. The molecule has 1 fully saturated rings. The van der Waals surface area contributed by atoms with Crippen molar-refractivity contribution in [2.24, 2.45) is 5.92 Å². The van der Waals surface area contributed by atoms with Crippen molar-refractivity contribution in [1.82, 2.24) is 15.2 Å². The van der Waals surface area contributed by atoms with Crippen molar-refractivity contribution >= 4 is 14.0 Å². The Balaban J connectivity index is 1.84. The number of carbonyl (C=O) groups excluding carboxylic acids is 1. The zero-order chi connectivity index (χ0) is 26.3. The highest BCUT2D eigenvalue weighted by atomic mass is 28.3. The van der Waals surface area contributed by atoms with Crippen LogP contribution in [0.1, 0.15) is 64.0 Å². The molecule has 6 heteroatoms. The maximum absolute atomic E-state index is 12.9. The number of pyridine rings is 1. The first-order chi connectivity index (χ1) is 17.1. The molecule has 0 spiro atoms. The van der Waals surface area contributed by atoms with Crippen LogP contribution in [0.5, 0.6) is 5.75 Å². The van der Waals surface area contributed by atoms with Crippen molar-refractivity contribution in [3.8, 4) is 17.2 Å². The fraction of sp³-hybridized carbons (Fsp3) is 0.533. The second-order valence-corrected chi connectivity index (χ2v) is 16.6. The Morgan fingerprint density at radius 3 is 2.28 bits per heavy atom. The predicted octanol–water partition coefficient (Wildman–Crippen LogP) is 5.93. The number of carbonyl (C=O) groups is 1. The van der Waals surface area contributed by atoms with E-state index < -0.39 is 8.07 Å². The molecule has 0 aliphatic carbocycles. The molecule has 1 saturated heterocycles. The van der Waals surface area contributed by atoms with Crippen LogP contribution in [0.25, 0.3) is 0 Å². The number of piperidine rings is 1. The maximum Gasteiger partial charge on any atom is 0.270 e. The highest BCUT2D eigenvalue weighted by Gasteiger charge is 2.42. The van der Waals surface area contributed by atoms with Crippen molar-refractivity contribution < 1.29 is 9.53 Å². The van der Waals surface area contributed by atoms with E-state index in [-0.39, 0.29) is 17.9 Å². The number of ether oxygens (including phenoxy) is 1. The van der Waals surface area contributed by atoms with Crippen LogP contribution in [0.2, 0.25) is 16.6 Å². The van der Waals surface area contributed by atoms with Crippen LogP contribution in [-0.2, 0) is 6.54 Å². The molecule has 0 radical (unpaired) electrons. The highest BCUT2D eigenvalue weighted by molar-refractivity contribution is 6.90. The lowest BCUT2D eigenvalue weighted by Crippen LogP contribution is -2.50. The summed E-state index contributed by atoms with van der Waals surface area (Å²) in [6.07, 6.45) is 2.53.